The molecule has 1 heterocycles. The molecule has 4 heteroatoms. The van der Waals surface area contributed by atoms with Crippen molar-refractivity contribution >= 4 is 15.9 Å². The van der Waals surface area contributed by atoms with Gasteiger partial charge in [-0.15, -0.1) is 0 Å². The van der Waals surface area contributed by atoms with E-state index in [1.165, 1.54) is 0 Å². The van der Waals surface area contributed by atoms with Gasteiger partial charge in [-0.05, 0) is 59.5 Å². The van der Waals surface area contributed by atoms with Gasteiger partial charge in [-0.1, -0.05) is 12.1 Å². The molecule has 3 nitrogen and oxygen atoms in total. The largest absolute Gasteiger partial charge is 0.438 e. The van der Waals surface area contributed by atoms with Crippen LogP contribution in [0.2, 0.25) is 0 Å². The molecule has 0 radical (unpaired) electrons. The van der Waals surface area contributed by atoms with E-state index in [2.05, 4.69) is 33.0 Å². The molecule has 2 rings (SSSR count). The average Bonchev–Trinajstić information content (AvgIpc) is 2.35. The molecule has 1 aromatic heterocycles. The van der Waals surface area contributed by atoms with Gasteiger partial charge in [0.15, 0.2) is 0 Å². The van der Waals surface area contributed by atoms with Crippen molar-refractivity contribution in [3.63, 3.8) is 0 Å². The first-order chi connectivity index (χ1) is 9.01. The standard InChI is InChI=1S/C15H17BrN2O/c1-9-4-12(7-17)5-10(2)14(9)19-15-11(3)6-13(16)8-18-15/h4-6,8H,7,17H2,1-3H3. The SMILES string of the molecule is Cc1cc(Br)cnc1Oc1c(C)cc(CN)cc1C. The van der Waals surface area contributed by atoms with Crippen LogP contribution in [0.25, 0.3) is 0 Å². The maximum Gasteiger partial charge on any atom is 0.222 e. The highest BCUT2D eigenvalue weighted by molar-refractivity contribution is 9.10. The summed E-state index contributed by atoms with van der Waals surface area (Å²) in [5.41, 5.74) is 9.93. The number of aryl methyl sites for hydroxylation is 3. The summed E-state index contributed by atoms with van der Waals surface area (Å²) in [5.74, 6) is 1.49. The minimum absolute atomic E-state index is 0.539. The van der Waals surface area contributed by atoms with E-state index in [0.717, 1.165) is 32.5 Å². The van der Waals surface area contributed by atoms with Crippen LogP contribution in [0.3, 0.4) is 0 Å². The number of nitrogens with two attached hydrogens (primary N) is 1. The molecule has 19 heavy (non-hydrogen) atoms. The maximum absolute atomic E-state index is 5.95. The summed E-state index contributed by atoms with van der Waals surface area (Å²) in [4.78, 5) is 4.30. The van der Waals surface area contributed by atoms with Gasteiger partial charge in [-0.2, -0.15) is 0 Å². The highest BCUT2D eigenvalue weighted by Gasteiger charge is 2.10. The first-order valence-corrected chi connectivity index (χ1v) is 6.90. The molecular formula is C15H17BrN2O. The Hall–Kier alpha value is -1.39. The van der Waals surface area contributed by atoms with Crippen molar-refractivity contribution in [2.24, 2.45) is 5.73 Å². The van der Waals surface area contributed by atoms with Gasteiger partial charge in [0, 0.05) is 22.8 Å². The van der Waals surface area contributed by atoms with E-state index in [0.29, 0.717) is 12.4 Å². The Morgan fingerprint density at radius 1 is 1.11 bits per heavy atom. The van der Waals surface area contributed by atoms with Crippen LogP contribution in [0.5, 0.6) is 11.6 Å². The lowest BCUT2D eigenvalue weighted by Gasteiger charge is -2.14. The molecule has 0 unspecified atom stereocenters. The normalized spacial score (nSPS) is 10.6. The van der Waals surface area contributed by atoms with E-state index in [1.807, 2.05) is 26.8 Å². The van der Waals surface area contributed by atoms with Crippen LogP contribution in [0.4, 0.5) is 0 Å². The highest BCUT2D eigenvalue weighted by Crippen LogP contribution is 2.31. The molecule has 0 spiro atoms. The second kappa shape index (κ2) is 5.72. The molecule has 0 aliphatic rings. The number of hydrogen-bond donors (Lipinski definition) is 1. The predicted octanol–water partition coefficient (Wildman–Crippen LogP) is 4.02. The summed E-state index contributed by atoms with van der Waals surface area (Å²) in [7, 11) is 0. The van der Waals surface area contributed by atoms with Gasteiger partial charge in [-0.25, -0.2) is 4.98 Å². The van der Waals surface area contributed by atoms with Crippen molar-refractivity contribution in [2.75, 3.05) is 0 Å². The lowest BCUT2D eigenvalue weighted by molar-refractivity contribution is 0.451. The van der Waals surface area contributed by atoms with E-state index in [9.17, 15) is 0 Å². The molecule has 1 aromatic carbocycles. The van der Waals surface area contributed by atoms with Crippen molar-refractivity contribution in [3.05, 3.63) is 51.1 Å². The summed E-state index contributed by atoms with van der Waals surface area (Å²) in [6, 6.07) is 6.09. The molecule has 2 aromatic rings. The zero-order valence-corrected chi connectivity index (χ0v) is 12.9. The van der Waals surface area contributed by atoms with Crippen molar-refractivity contribution in [1.82, 2.24) is 4.98 Å². The third kappa shape index (κ3) is 3.14. The van der Waals surface area contributed by atoms with Crippen molar-refractivity contribution in [2.45, 2.75) is 27.3 Å². The molecule has 0 amide bonds. The number of rotatable bonds is 3. The lowest BCUT2D eigenvalue weighted by Crippen LogP contribution is -2.00. The lowest BCUT2D eigenvalue weighted by atomic mass is 10.1. The number of pyridine rings is 1. The monoisotopic (exact) mass is 320 g/mol. The summed E-state index contributed by atoms with van der Waals surface area (Å²) in [6.45, 7) is 6.56. The topological polar surface area (TPSA) is 48.1 Å². The van der Waals surface area contributed by atoms with Crippen LogP contribution in [-0.4, -0.2) is 4.98 Å². The van der Waals surface area contributed by atoms with Gasteiger partial charge in [-0.3, -0.25) is 0 Å². The fourth-order valence-corrected chi connectivity index (χ4v) is 2.50. The Morgan fingerprint density at radius 3 is 2.26 bits per heavy atom. The Bertz CT molecular complexity index is 588. The van der Waals surface area contributed by atoms with Crippen LogP contribution in [0, 0.1) is 20.8 Å². The number of halogens is 1. The van der Waals surface area contributed by atoms with E-state index in [-0.39, 0.29) is 0 Å². The third-order valence-corrected chi connectivity index (χ3v) is 3.39. The molecule has 0 fully saturated rings. The number of nitrogens with zero attached hydrogens (tertiary/aromatic N) is 1. The third-order valence-electron chi connectivity index (χ3n) is 2.95. The number of hydrogen-bond acceptors (Lipinski definition) is 3. The number of benzene rings is 1. The van der Waals surface area contributed by atoms with Crippen LogP contribution < -0.4 is 10.5 Å². The molecule has 0 saturated heterocycles. The van der Waals surface area contributed by atoms with E-state index in [4.69, 9.17) is 10.5 Å². The summed E-state index contributed by atoms with van der Waals surface area (Å²) in [5, 5.41) is 0. The quantitative estimate of drug-likeness (QED) is 0.929. The van der Waals surface area contributed by atoms with Crippen molar-refractivity contribution in [1.29, 1.82) is 0 Å². The van der Waals surface area contributed by atoms with Crippen LogP contribution in [-0.2, 0) is 6.54 Å². The fraction of sp³-hybridized carbons (Fsp3) is 0.267. The Kier molecular flexibility index (Phi) is 4.22. The smallest absolute Gasteiger partial charge is 0.222 e. The molecule has 0 aliphatic heterocycles. The highest BCUT2D eigenvalue weighted by atomic mass is 79.9. The van der Waals surface area contributed by atoms with Crippen molar-refractivity contribution in [3.8, 4) is 11.6 Å². The Morgan fingerprint density at radius 2 is 1.74 bits per heavy atom. The summed E-state index contributed by atoms with van der Waals surface area (Å²) in [6.07, 6.45) is 1.74. The molecule has 0 atom stereocenters. The van der Waals surface area contributed by atoms with Crippen LogP contribution in [0.1, 0.15) is 22.3 Å². The maximum atomic E-state index is 5.95. The second-order valence-electron chi connectivity index (χ2n) is 4.64. The molecule has 0 bridgehead atoms. The second-order valence-corrected chi connectivity index (χ2v) is 5.56. The minimum atomic E-state index is 0.539. The molecular weight excluding hydrogens is 304 g/mol. The Balaban J connectivity index is 2.38. The van der Waals surface area contributed by atoms with Gasteiger partial charge in [0.25, 0.3) is 0 Å². The minimum Gasteiger partial charge on any atom is -0.438 e. The van der Waals surface area contributed by atoms with E-state index in [1.54, 1.807) is 6.20 Å². The summed E-state index contributed by atoms with van der Waals surface area (Å²) < 4.78 is 6.90. The van der Waals surface area contributed by atoms with Gasteiger partial charge >= 0.3 is 0 Å². The van der Waals surface area contributed by atoms with Crippen LogP contribution >= 0.6 is 15.9 Å². The number of aromatic nitrogens is 1. The van der Waals surface area contributed by atoms with Gasteiger partial charge in [0.05, 0.1) is 0 Å². The van der Waals surface area contributed by atoms with Crippen molar-refractivity contribution < 1.29 is 4.74 Å². The van der Waals surface area contributed by atoms with Gasteiger partial charge in [0.2, 0.25) is 5.88 Å². The molecule has 100 valence electrons. The first kappa shape index (κ1) is 14.0. The van der Waals surface area contributed by atoms with Crippen LogP contribution in [0.15, 0.2) is 28.9 Å². The molecule has 0 saturated carbocycles. The number of ether oxygens (including phenoxy) is 1. The zero-order chi connectivity index (χ0) is 14.0. The first-order valence-electron chi connectivity index (χ1n) is 6.11. The Labute approximate surface area is 121 Å². The van der Waals surface area contributed by atoms with E-state index < -0.39 is 0 Å². The fourth-order valence-electron chi connectivity index (χ4n) is 2.05. The summed E-state index contributed by atoms with van der Waals surface area (Å²) >= 11 is 3.40. The zero-order valence-electron chi connectivity index (χ0n) is 11.3. The molecule has 2 N–H and O–H groups in total. The average molecular weight is 321 g/mol. The predicted molar refractivity (Wildman–Crippen MR) is 80.6 cm³/mol. The van der Waals surface area contributed by atoms with E-state index >= 15 is 0 Å². The molecule has 0 aliphatic carbocycles. The van der Waals surface area contributed by atoms with Gasteiger partial charge < -0.3 is 10.5 Å². The van der Waals surface area contributed by atoms with Gasteiger partial charge in [0.1, 0.15) is 5.75 Å².